The molecule has 1 amide bonds. The summed E-state index contributed by atoms with van der Waals surface area (Å²) >= 11 is 5.90. The molecule has 5 nitrogen and oxygen atoms in total. The Labute approximate surface area is 132 Å². The molecule has 0 bridgehead atoms. The molecule has 2 aromatic rings. The van der Waals surface area contributed by atoms with Gasteiger partial charge in [-0.15, -0.1) is 0 Å². The van der Waals surface area contributed by atoms with Crippen molar-refractivity contribution in [2.75, 3.05) is 12.4 Å². The molecule has 6 heteroatoms. The van der Waals surface area contributed by atoms with E-state index in [-0.39, 0.29) is 5.57 Å². The molecule has 0 saturated carbocycles. The van der Waals surface area contributed by atoms with Gasteiger partial charge in [-0.2, -0.15) is 5.26 Å². The smallest absolute Gasteiger partial charge is 0.266 e. The number of halogens is 1. The number of ether oxygens (including phenoxy) is 1. The standard InChI is InChI=1S/C16H13ClN2O3/c1-10-3-5-13(22-10)7-11(9-18)16(20)19-14-8-12(17)4-6-15(14)21-2/h3-8H,1-2H3,(H,19,20). The lowest BCUT2D eigenvalue weighted by atomic mass is 10.2. The van der Waals surface area contributed by atoms with Crippen LogP contribution in [0.1, 0.15) is 11.5 Å². The number of furan rings is 1. The number of nitrogens with zero attached hydrogens (tertiary/aromatic N) is 1. The van der Waals surface area contributed by atoms with Gasteiger partial charge in [0.15, 0.2) is 0 Å². The van der Waals surface area contributed by atoms with E-state index >= 15 is 0 Å². The lowest BCUT2D eigenvalue weighted by Crippen LogP contribution is -2.14. The summed E-state index contributed by atoms with van der Waals surface area (Å²) in [7, 11) is 1.48. The second-order valence-corrected chi connectivity index (χ2v) is 4.85. The molecule has 1 aromatic carbocycles. The lowest BCUT2D eigenvalue weighted by Gasteiger charge is -2.09. The summed E-state index contributed by atoms with van der Waals surface area (Å²) in [5.41, 5.74) is 0.299. The maximum absolute atomic E-state index is 12.2. The number of rotatable bonds is 4. The van der Waals surface area contributed by atoms with Gasteiger partial charge in [0.25, 0.3) is 5.91 Å². The minimum absolute atomic E-state index is 0.0867. The minimum atomic E-state index is -0.572. The summed E-state index contributed by atoms with van der Waals surface area (Å²) in [6.45, 7) is 1.78. The van der Waals surface area contributed by atoms with Gasteiger partial charge in [0.1, 0.15) is 28.9 Å². The Hall–Kier alpha value is -2.71. The van der Waals surface area contributed by atoms with E-state index in [9.17, 15) is 4.79 Å². The SMILES string of the molecule is COc1ccc(Cl)cc1NC(=O)C(C#N)=Cc1ccc(C)o1. The van der Waals surface area contributed by atoms with Crippen molar-refractivity contribution in [3.05, 3.63) is 52.4 Å². The van der Waals surface area contributed by atoms with Gasteiger partial charge in [-0.1, -0.05) is 11.6 Å². The molecule has 1 aromatic heterocycles. The van der Waals surface area contributed by atoms with Crippen molar-refractivity contribution in [1.29, 1.82) is 5.26 Å². The first-order valence-electron chi connectivity index (χ1n) is 6.36. The summed E-state index contributed by atoms with van der Waals surface area (Å²) < 4.78 is 10.5. The first kappa shape index (κ1) is 15.7. The zero-order chi connectivity index (χ0) is 16.1. The van der Waals surface area contributed by atoms with Crippen molar-refractivity contribution in [2.45, 2.75) is 6.92 Å². The monoisotopic (exact) mass is 316 g/mol. The number of anilines is 1. The number of hydrogen-bond donors (Lipinski definition) is 1. The Balaban J connectivity index is 2.25. The van der Waals surface area contributed by atoms with Gasteiger partial charge in [0.2, 0.25) is 0 Å². The number of carbonyl (C=O) groups is 1. The van der Waals surface area contributed by atoms with E-state index in [0.717, 1.165) is 0 Å². The summed E-state index contributed by atoms with van der Waals surface area (Å²) in [6.07, 6.45) is 1.37. The van der Waals surface area contributed by atoms with Crippen LogP contribution in [-0.2, 0) is 4.79 Å². The van der Waals surface area contributed by atoms with Crippen LogP contribution in [0.2, 0.25) is 5.02 Å². The normalized spacial score (nSPS) is 10.9. The Morgan fingerprint density at radius 2 is 2.18 bits per heavy atom. The highest BCUT2D eigenvalue weighted by atomic mass is 35.5. The number of nitriles is 1. The van der Waals surface area contributed by atoms with Crippen LogP contribution in [-0.4, -0.2) is 13.0 Å². The quantitative estimate of drug-likeness (QED) is 0.687. The maximum atomic E-state index is 12.2. The Morgan fingerprint density at radius 3 is 2.77 bits per heavy atom. The largest absolute Gasteiger partial charge is 0.495 e. The number of carbonyl (C=O) groups excluding carboxylic acids is 1. The second kappa shape index (κ2) is 6.83. The first-order valence-corrected chi connectivity index (χ1v) is 6.74. The Morgan fingerprint density at radius 1 is 1.41 bits per heavy atom. The summed E-state index contributed by atoms with van der Waals surface area (Å²) in [4.78, 5) is 12.2. The van der Waals surface area contributed by atoms with Gasteiger partial charge in [-0.05, 0) is 37.3 Å². The van der Waals surface area contributed by atoms with Gasteiger partial charge in [0, 0.05) is 11.1 Å². The van der Waals surface area contributed by atoms with E-state index in [2.05, 4.69) is 5.32 Å². The third-order valence-corrected chi connectivity index (χ3v) is 3.06. The highest BCUT2D eigenvalue weighted by Gasteiger charge is 2.13. The molecule has 0 atom stereocenters. The molecule has 0 aliphatic rings. The molecule has 0 spiro atoms. The predicted molar refractivity (Wildman–Crippen MR) is 83.7 cm³/mol. The van der Waals surface area contributed by atoms with Gasteiger partial charge in [-0.25, -0.2) is 0 Å². The van der Waals surface area contributed by atoms with E-state index in [1.165, 1.54) is 13.2 Å². The van der Waals surface area contributed by atoms with Crippen LogP contribution in [0, 0.1) is 18.3 Å². The van der Waals surface area contributed by atoms with Crippen LogP contribution in [0.5, 0.6) is 5.75 Å². The third kappa shape index (κ3) is 3.68. The fourth-order valence-corrected chi connectivity index (χ4v) is 1.96. The fraction of sp³-hybridized carbons (Fsp3) is 0.125. The average Bonchev–Trinajstić information content (AvgIpc) is 2.90. The van der Waals surface area contributed by atoms with Crippen LogP contribution in [0.3, 0.4) is 0 Å². The van der Waals surface area contributed by atoms with Gasteiger partial charge in [-0.3, -0.25) is 4.79 Å². The van der Waals surface area contributed by atoms with Crippen molar-refractivity contribution in [3.63, 3.8) is 0 Å². The number of amides is 1. The molecular weight excluding hydrogens is 304 g/mol. The molecule has 22 heavy (non-hydrogen) atoms. The van der Waals surface area contributed by atoms with Crippen molar-refractivity contribution >= 4 is 29.3 Å². The third-order valence-electron chi connectivity index (χ3n) is 2.82. The van der Waals surface area contributed by atoms with Crippen molar-refractivity contribution in [1.82, 2.24) is 0 Å². The molecule has 1 N–H and O–H groups in total. The molecule has 112 valence electrons. The first-order chi connectivity index (χ1) is 10.5. The second-order valence-electron chi connectivity index (χ2n) is 4.42. The highest BCUT2D eigenvalue weighted by molar-refractivity contribution is 6.31. The minimum Gasteiger partial charge on any atom is -0.495 e. The molecular formula is C16H13ClN2O3. The zero-order valence-corrected chi connectivity index (χ0v) is 12.8. The van der Waals surface area contributed by atoms with Crippen LogP contribution in [0.15, 0.2) is 40.3 Å². The predicted octanol–water partition coefficient (Wildman–Crippen LogP) is 3.80. The Bertz CT molecular complexity index is 772. The number of benzene rings is 1. The molecule has 1 heterocycles. The van der Waals surface area contributed by atoms with E-state index in [1.807, 2.05) is 6.07 Å². The summed E-state index contributed by atoms with van der Waals surface area (Å²) in [6, 6.07) is 10.1. The molecule has 0 aliphatic carbocycles. The van der Waals surface area contributed by atoms with Crippen LogP contribution < -0.4 is 10.1 Å². The number of methoxy groups -OCH3 is 1. The number of hydrogen-bond acceptors (Lipinski definition) is 4. The maximum Gasteiger partial charge on any atom is 0.266 e. The molecule has 0 aliphatic heterocycles. The summed E-state index contributed by atoms with van der Waals surface area (Å²) in [5.74, 6) is 1.00. The van der Waals surface area contributed by atoms with Crippen LogP contribution in [0.4, 0.5) is 5.69 Å². The lowest BCUT2D eigenvalue weighted by molar-refractivity contribution is -0.112. The van der Waals surface area contributed by atoms with Gasteiger partial charge >= 0.3 is 0 Å². The molecule has 0 radical (unpaired) electrons. The summed E-state index contributed by atoms with van der Waals surface area (Å²) in [5, 5.41) is 12.2. The van der Waals surface area contributed by atoms with Gasteiger partial charge < -0.3 is 14.5 Å². The van der Waals surface area contributed by atoms with E-state index in [4.69, 9.17) is 26.0 Å². The van der Waals surface area contributed by atoms with Crippen molar-refractivity contribution < 1.29 is 13.9 Å². The molecule has 0 unspecified atom stereocenters. The van der Waals surface area contributed by atoms with Crippen LogP contribution in [0.25, 0.3) is 6.08 Å². The number of nitrogens with one attached hydrogen (secondary N) is 1. The van der Waals surface area contributed by atoms with Crippen molar-refractivity contribution in [3.8, 4) is 11.8 Å². The highest BCUT2D eigenvalue weighted by Crippen LogP contribution is 2.28. The van der Waals surface area contributed by atoms with Gasteiger partial charge in [0.05, 0.1) is 12.8 Å². The van der Waals surface area contributed by atoms with E-state index in [1.54, 1.807) is 37.3 Å². The Kier molecular flexibility index (Phi) is 4.87. The van der Waals surface area contributed by atoms with E-state index < -0.39 is 5.91 Å². The van der Waals surface area contributed by atoms with Crippen molar-refractivity contribution in [2.24, 2.45) is 0 Å². The van der Waals surface area contributed by atoms with Crippen LogP contribution >= 0.6 is 11.6 Å². The van der Waals surface area contributed by atoms with E-state index in [0.29, 0.717) is 28.0 Å². The zero-order valence-electron chi connectivity index (χ0n) is 12.0. The topological polar surface area (TPSA) is 75.3 Å². The molecule has 0 saturated heterocycles. The molecule has 2 rings (SSSR count). The number of aryl methyl sites for hydroxylation is 1. The average molecular weight is 317 g/mol. The fourth-order valence-electron chi connectivity index (χ4n) is 1.79. The molecule has 0 fully saturated rings.